The van der Waals surface area contributed by atoms with E-state index in [-0.39, 0.29) is 47.5 Å². The van der Waals surface area contributed by atoms with Gasteiger partial charge in [0.2, 0.25) is 5.91 Å². The number of hydrogen-bond acceptors (Lipinski definition) is 6. The maximum absolute atomic E-state index is 14.6. The molecule has 2 spiro atoms. The number of halogens is 2. The standard InChI is InChI=1S/C42H51F2NO6/c1-6-19-45(36(47)21-26-7-10-32(50-4)33(20-26)51-5)25-41(49)16-13-35-39(41,3)15-12-34-38(2)14-11-28(46)23-40(38)17-18-42(34,35)29(24-40)37(48)27-8-9-30(43)31(44)22-27/h7-10,17-18,20,22,24,28,34-35,46,49H,6,11-16,19,21,23,25H2,1-5H3. The molecular weight excluding hydrogens is 652 g/mol. The maximum Gasteiger partial charge on any atom is 0.227 e. The molecule has 6 aliphatic rings. The van der Waals surface area contributed by atoms with E-state index in [0.29, 0.717) is 49.3 Å². The molecule has 8 rings (SSSR count). The van der Waals surface area contributed by atoms with E-state index >= 15 is 0 Å². The summed E-state index contributed by atoms with van der Waals surface area (Å²) in [6, 6.07) is 8.80. The fourth-order valence-corrected chi connectivity index (χ4v) is 11.5. The van der Waals surface area contributed by atoms with E-state index in [1.54, 1.807) is 25.2 Å². The molecule has 8 unspecified atom stereocenters. The highest BCUT2D eigenvalue weighted by Gasteiger charge is 2.74. The van der Waals surface area contributed by atoms with E-state index in [9.17, 15) is 28.6 Å². The lowest BCUT2D eigenvalue weighted by Gasteiger charge is -2.71. The van der Waals surface area contributed by atoms with Crippen molar-refractivity contribution in [3.63, 3.8) is 0 Å². The summed E-state index contributed by atoms with van der Waals surface area (Å²) in [6.07, 6.45) is 11.4. The molecule has 3 fully saturated rings. The molecule has 3 saturated carbocycles. The van der Waals surface area contributed by atoms with E-state index < -0.39 is 39.6 Å². The summed E-state index contributed by atoms with van der Waals surface area (Å²) < 4.78 is 39.5. The van der Waals surface area contributed by atoms with E-state index in [4.69, 9.17) is 9.47 Å². The van der Waals surface area contributed by atoms with Gasteiger partial charge >= 0.3 is 0 Å². The van der Waals surface area contributed by atoms with Crippen LogP contribution >= 0.6 is 0 Å². The zero-order valence-corrected chi connectivity index (χ0v) is 30.4. The number of rotatable bonds is 10. The Labute approximate surface area is 299 Å². The lowest BCUT2D eigenvalue weighted by molar-refractivity contribution is -0.178. The van der Waals surface area contributed by atoms with Crippen molar-refractivity contribution in [2.75, 3.05) is 27.3 Å². The third-order valence-corrected chi connectivity index (χ3v) is 14.2. The molecule has 51 heavy (non-hydrogen) atoms. The van der Waals surface area contributed by atoms with E-state index in [0.717, 1.165) is 43.4 Å². The van der Waals surface area contributed by atoms with Crippen molar-refractivity contribution >= 4 is 11.7 Å². The number of aliphatic hydroxyl groups excluding tert-OH is 1. The predicted molar refractivity (Wildman–Crippen MR) is 189 cm³/mol. The van der Waals surface area contributed by atoms with E-state index in [2.05, 4.69) is 32.1 Å². The predicted octanol–water partition coefficient (Wildman–Crippen LogP) is 7.24. The first-order chi connectivity index (χ1) is 24.2. The number of hydrogen-bond donors (Lipinski definition) is 2. The minimum Gasteiger partial charge on any atom is -0.493 e. The molecule has 2 bridgehead atoms. The maximum atomic E-state index is 14.6. The van der Waals surface area contributed by atoms with Gasteiger partial charge in [0.1, 0.15) is 0 Å². The highest BCUT2D eigenvalue weighted by Crippen LogP contribution is 2.78. The molecule has 8 atom stereocenters. The monoisotopic (exact) mass is 703 g/mol. The molecule has 1 amide bonds. The van der Waals surface area contributed by atoms with Crippen molar-refractivity contribution in [2.45, 2.75) is 90.3 Å². The molecule has 2 N–H and O–H groups in total. The molecule has 6 aliphatic carbocycles. The molecule has 0 heterocycles. The smallest absolute Gasteiger partial charge is 0.227 e. The molecule has 0 saturated heterocycles. The summed E-state index contributed by atoms with van der Waals surface area (Å²) in [6.45, 7) is 7.12. The molecule has 274 valence electrons. The molecule has 2 aromatic carbocycles. The summed E-state index contributed by atoms with van der Waals surface area (Å²) in [4.78, 5) is 30.4. The largest absolute Gasteiger partial charge is 0.493 e. The normalized spacial score (nSPS) is 36.1. The Balaban J connectivity index is 1.26. The van der Waals surface area contributed by atoms with Crippen molar-refractivity contribution in [3.05, 3.63) is 83.0 Å². The van der Waals surface area contributed by atoms with Crippen LogP contribution in [-0.4, -0.2) is 65.8 Å². The Kier molecular flexibility index (Phi) is 8.81. The van der Waals surface area contributed by atoms with Gasteiger partial charge in [-0.2, -0.15) is 0 Å². The van der Waals surface area contributed by atoms with Crippen molar-refractivity contribution in [1.82, 2.24) is 4.90 Å². The number of aliphatic hydroxyl groups is 2. The number of Topliss-reactive ketones (excluding diaryl/α,β-unsaturated/α-hetero) is 1. The SMILES string of the molecule is CCCN(CC1(O)CCC2C34C=CC5(C=C3C(=O)c3ccc(F)c(F)c3)CC(O)CCC5(C)C4CCC21C)C(=O)Cc1ccc(OC)c(OC)c1. The molecule has 0 radical (unpaired) electrons. The second kappa shape index (κ2) is 12.5. The first kappa shape index (κ1) is 35.8. The number of methoxy groups -OCH3 is 2. The minimum absolute atomic E-state index is 0.0515. The summed E-state index contributed by atoms with van der Waals surface area (Å²) in [7, 11) is 3.13. The van der Waals surface area contributed by atoms with Gasteiger partial charge in [0.15, 0.2) is 28.9 Å². The Morgan fingerprint density at radius 2 is 1.61 bits per heavy atom. The number of ketones is 1. The molecule has 0 aliphatic heterocycles. The topological polar surface area (TPSA) is 96.3 Å². The zero-order chi connectivity index (χ0) is 36.6. The third kappa shape index (κ3) is 5.15. The van der Waals surface area contributed by atoms with Crippen molar-refractivity contribution in [1.29, 1.82) is 0 Å². The second-order valence-electron chi connectivity index (χ2n) is 16.4. The lowest BCUT2D eigenvalue weighted by atomic mass is 9.32. The fraction of sp³-hybridized carbons (Fsp3) is 0.571. The van der Waals surface area contributed by atoms with Crippen LogP contribution in [0.1, 0.15) is 88.1 Å². The van der Waals surface area contributed by atoms with Gasteiger partial charge in [-0.1, -0.05) is 45.1 Å². The third-order valence-electron chi connectivity index (χ3n) is 14.2. The number of ether oxygens (including phenoxy) is 2. The number of allylic oxidation sites excluding steroid dienone is 4. The van der Waals surface area contributed by atoms with Gasteiger partial charge in [-0.05, 0) is 105 Å². The molecule has 0 aromatic heterocycles. The zero-order valence-electron chi connectivity index (χ0n) is 30.4. The van der Waals surface area contributed by atoms with Crippen LogP contribution in [-0.2, 0) is 11.2 Å². The van der Waals surface area contributed by atoms with Gasteiger partial charge in [-0.15, -0.1) is 0 Å². The second-order valence-corrected chi connectivity index (χ2v) is 16.4. The first-order valence-corrected chi connectivity index (χ1v) is 18.5. The number of fused-ring (bicyclic) bond motifs is 1. The van der Waals surface area contributed by atoms with Crippen molar-refractivity contribution in [3.8, 4) is 11.5 Å². The summed E-state index contributed by atoms with van der Waals surface area (Å²) in [5.74, 6) is -1.45. The number of amides is 1. The van der Waals surface area contributed by atoms with Crippen LogP contribution in [0.4, 0.5) is 8.78 Å². The van der Waals surface area contributed by atoms with Crippen LogP contribution in [0.2, 0.25) is 0 Å². The first-order valence-electron chi connectivity index (χ1n) is 18.5. The number of benzene rings is 2. The summed E-state index contributed by atoms with van der Waals surface area (Å²) >= 11 is 0. The van der Waals surface area contributed by atoms with Gasteiger partial charge in [-0.25, -0.2) is 8.78 Å². The quantitative estimate of drug-likeness (QED) is 0.200. The summed E-state index contributed by atoms with van der Waals surface area (Å²) in [5.41, 5.74) is -1.95. The van der Waals surface area contributed by atoms with Crippen LogP contribution < -0.4 is 9.47 Å². The Morgan fingerprint density at radius 1 is 0.902 bits per heavy atom. The number of carbonyl (C=O) groups is 2. The number of carbonyl (C=O) groups excluding carboxylic acids is 2. The fourth-order valence-electron chi connectivity index (χ4n) is 11.5. The Bertz CT molecular complexity index is 1810. The molecule has 9 heteroatoms. The molecule has 7 nitrogen and oxygen atoms in total. The van der Waals surface area contributed by atoms with Crippen LogP contribution in [0, 0.1) is 45.1 Å². The minimum atomic E-state index is -1.22. The Hall–Kier alpha value is -3.56. The molecule has 2 aromatic rings. The Morgan fingerprint density at radius 3 is 2.31 bits per heavy atom. The highest BCUT2D eigenvalue weighted by atomic mass is 19.2. The van der Waals surface area contributed by atoms with Crippen molar-refractivity contribution in [2.24, 2.45) is 33.5 Å². The van der Waals surface area contributed by atoms with E-state index in [1.807, 2.05) is 19.1 Å². The average molecular weight is 704 g/mol. The van der Waals surface area contributed by atoms with Crippen LogP contribution in [0.25, 0.3) is 0 Å². The molecular formula is C42H51F2NO6. The average Bonchev–Trinajstić information content (AvgIpc) is 3.38. The van der Waals surface area contributed by atoms with Crippen LogP contribution in [0.5, 0.6) is 11.5 Å². The lowest BCUT2D eigenvalue weighted by Crippen LogP contribution is -2.67. The van der Waals surface area contributed by atoms with Crippen LogP contribution in [0.15, 0.2) is 60.2 Å². The highest BCUT2D eigenvalue weighted by molar-refractivity contribution is 6.10. The van der Waals surface area contributed by atoms with Gasteiger partial charge in [0, 0.05) is 40.5 Å². The van der Waals surface area contributed by atoms with Gasteiger partial charge in [-0.3, -0.25) is 9.59 Å². The summed E-state index contributed by atoms with van der Waals surface area (Å²) in [5, 5.41) is 23.8. The van der Waals surface area contributed by atoms with Gasteiger partial charge < -0.3 is 24.6 Å². The number of nitrogens with zero attached hydrogens (tertiary/aromatic N) is 1. The van der Waals surface area contributed by atoms with Crippen molar-refractivity contribution < 1.29 is 38.1 Å². The van der Waals surface area contributed by atoms with Gasteiger partial charge in [0.05, 0.1) is 32.3 Å². The van der Waals surface area contributed by atoms with E-state index in [1.165, 1.54) is 6.07 Å². The van der Waals surface area contributed by atoms with Crippen LogP contribution in [0.3, 0.4) is 0 Å². The van der Waals surface area contributed by atoms with Gasteiger partial charge in [0.25, 0.3) is 0 Å².